The number of amides is 1. The number of rotatable bonds is 10. The Kier molecular flexibility index (Phi) is 8.72. The maximum absolute atomic E-state index is 14.2. The van der Waals surface area contributed by atoms with Crippen molar-refractivity contribution in [2.75, 3.05) is 16.4 Å². The minimum Gasteiger partial charge on any atom is -0.489 e. The van der Waals surface area contributed by atoms with E-state index >= 15 is 0 Å². The number of para-hydroxylation sites is 1. The number of halogens is 2. The van der Waals surface area contributed by atoms with Gasteiger partial charge >= 0.3 is 0 Å². The molecule has 0 saturated heterocycles. The van der Waals surface area contributed by atoms with Gasteiger partial charge in [-0.25, -0.2) is 9.07 Å². The monoisotopic (exact) mass is 577 g/mol. The van der Waals surface area contributed by atoms with Gasteiger partial charge in [0.25, 0.3) is 5.91 Å². The number of anilines is 2. The van der Waals surface area contributed by atoms with Crippen molar-refractivity contribution in [3.05, 3.63) is 106 Å². The number of hydrogen-bond donors (Lipinski definition) is 2. The lowest BCUT2D eigenvalue weighted by Crippen LogP contribution is -2.31. The van der Waals surface area contributed by atoms with Gasteiger partial charge < -0.3 is 15.4 Å². The molecule has 1 atom stereocenters. The van der Waals surface area contributed by atoms with Crippen LogP contribution >= 0.6 is 23.4 Å². The third-order valence-electron chi connectivity index (χ3n) is 6.48. The number of ether oxygens (including phenoxy) is 1. The van der Waals surface area contributed by atoms with Crippen LogP contribution in [0.3, 0.4) is 0 Å². The van der Waals surface area contributed by atoms with Crippen molar-refractivity contribution in [3.8, 4) is 5.75 Å². The third-order valence-corrected chi connectivity index (χ3v) is 7.76. The van der Waals surface area contributed by atoms with Gasteiger partial charge in [-0.05, 0) is 55.3 Å². The fraction of sp³-hybridized carbons (Fsp3) is 0.233. The minimum absolute atomic E-state index is 0.00644. The minimum atomic E-state index is -0.525. The van der Waals surface area contributed by atoms with E-state index in [2.05, 4.69) is 22.5 Å². The summed E-state index contributed by atoms with van der Waals surface area (Å²) in [6, 6.07) is 20.7. The SMILES string of the molecule is CCCCSc1nc2n(n1)C(c1ccc(OCc3c(F)cccc3Cl)cc1)C(C(=O)Nc1ccccc1)=C(C)N2. The van der Waals surface area contributed by atoms with Crippen LogP contribution in [-0.2, 0) is 11.4 Å². The largest absolute Gasteiger partial charge is 0.489 e. The summed E-state index contributed by atoms with van der Waals surface area (Å²) in [7, 11) is 0. The Morgan fingerprint density at radius 1 is 1.12 bits per heavy atom. The van der Waals surface area contributed by atoms with Gasteiger partial charge in [-0.1, -0.05) is 73.1 Å². The first kappa shape index (κ1) is 27.7. The van der Waals surface area contributed by atoms with E-state index in [4.69, 9.17) is 21.4 Å². The number of hydrogen-bond acceptors (Lipinski definition) is 6. The van der Waals surface area contributed by atoms with Gasteiger partial charge in [0.1, 0.15) is 24.2 Å². The molecule has 7 nitrogen and oxygen atoms in total. The van der Waals surface area contributed by atoms with E-state index < -0.39 is 11.9 Å². The molecule has 0 spiro atoms. The number of carbonyl (C=O) groups excluding carboxylic acids is 1. The van der Waals surface area contributed by atoms with Gasteiger partial charge in [-0.2, -0.15) is 4.98 Å². The van der Waals surface area contributed by atoms with Crippen LogP contribution in [0.1, 0.15) is 43.9 Å². The molecule has 0 aliphatic carbocycles. The van der Waals surface area contributed by atoms with Crippen LogP contribution in [0, 0.1) is 5.82 Å². The van der Waals surface area contributed by atoms with E-state index in [1.165, 1.54) is 6.07 Å². The summed E-state index contributed by atoms with van der Waals surface area (Å²) in [5, 5.41) is 12.0. The van der Waals surface area contributed by atoms with Crippen LogP contribution in [0.15, 0.2) is 89.2 Å². The summed E-state index contributed by atoms with van der Waals surface area (Å²) in [6.45, 7) is 4.01. The number of nitrogens with one attached hydrogen (secondary N) is 2. The van der Waals surface area contributed by atoms with Crippen molar-refractivity contribution in [2.24, 2.45) is 0 Å². The molecule has 0 saturated carbocycles. The molecule has 4 aromatic rings. The van der Waals surface area contributed by atoms with Crippen LogP contribution in [0.2, 0.25) is 5.02 Å². The van der Waals surface area contributed by atoms with Gasteiger partial charge in [0.15, 0.2) is 0 Å². The van der Waals surface area contributed by atoms with Gasteiger partial charge in [0.2, 0.25) is 11.1 Å². The van der Waals surface area contributed by atoms with Crippen molar-refractivity contribution in [1.29, 1.82) is 0 Å². The number of nitrogens with zero attached hydrogens (tertiary/aromatic N) is 3. The lowest BCUT2D eigenvalue weighted by Gasteiger charge is -2.28. The number of allylic oxidation sites excluding steroid dienone is 1. The van der Waals surface area contributed by atoms with E-state index in [1.807, 2.05) is 49.4 Å². The molecule has 40 heavy (non-hydrogen) atoms. The highest BCUT2D eigenvalue weighted by Crippen LogP contribution is 2.37. The predicted molar refractivity (Wildman–Crippen MR) is 157 cm³/mol. The molecule has 1 aliphatic heterocycles. The van der Waals surface area contributed by atoms with E-state index in [9.17, 15) is 9.18 Å². The average Bonchev–Trinajstić information content (AvgIpc) is 3.35. The first-order chi connectivity index (χ1) is 19.4. The van der Waals surface area contributed by atoms with Crippen molar-refractivity contribution in [2.45, 2.75) is 44.5 Å². The summed E-state index contributed by atoms with van der Waals surface area (Å²) in [5.41, 5.74) is 3.04. The Morgan fingerprint density at radius 2 is 1.90 bits per heavy atom. The lowest BCUT2D eigenvalue weighted by atomic mass is 9.95. The fourth-order valence-electron chi connectivity index (χ4n) is 4.39. The zero-order valence-electron chi connectivity index (χ0n) is 22.2. The molecular weight excluding hydrogens is 549 g/mol. The van der Waals surface area contributed by atoms with Crippen molar-refractivity contribution < 1.29 is 13.9 Å². The van der Waals surface area contributed by atoms with Gasteiger partial charge in [-0.15, -0.1) is 5.10 Å². The first-order valence-electron chi connectivity index (χ1n) is 13.0. The highest BCUT2D eigenvalue weighted by atomic mass is 35.5. The first-order valence-corrected chi connectivity index (χ1v) is 14.4. The van der Waals surface area contributed by atoms with E-state index in [1.54, 1.807) is 40.7 Å². The topological polar surface area (TPSA) is 81.1 Å². The molecule has 1 aromatic heterocycles. The number of thioether (sulfide) groups is 1. The Balaban J connectivity index is 1.44. The van der Waals surface area contributed by atoms with Gasteiger partial charge in [-0.3, -0.25) is 4.79 Å². The maximum Gasteiger partial charge on any atom is 0.255 e. The predicted octanol–water partition coefficient (Wildman–Crippen LogP) is 7.47. The van der Waals surface area contributed by atoms with Gasteiger partial charge in [0.05, 0.1) is 10.6 Å². The molecule has 2 heterocycles. The molecule has 206 valence electrons. The second-order valence-electron chi connectivity index (χ2n) is 9.31. The van der Waals surface area contributed by atoms with Crippen LogP contribution in [0.5, 0.6) is 5.75 Å². The van der Waals surface area contributed by atoms with Gasteiger partial charge in [0, 0.05) is 22.7 Å². The molecule has 10 heteroatoms. The quantitative estimate of drug-likeness (QED) is 0.150. The van der Waals surface area contributed by atoms with E-state index in [0.29, 0.717) is 44.4 Å². The summed E-state index contributed by atoms with van der Waals surface area (Å²) >= 11 is 7.74. The number of benzene rings is 3. The highest BCUT2D eigenvalue weighted by molar-refractivity contribution is 7.99. The molecule has 0 fully saturated rings. The van der Waals surface area contributed by atoms with Crippen molar-refractivity contribution in [1.82, 2.24) is 14.8 Å². The number of unbranched alkanes of at least 4 members (excludes halogenated alkanes) is 1. The Bertz CT molecular complexity index is 1500. The molecule has 5 rings (SSSR count). The third kappa shape index (κ3) is 6.16. The highest BCUT2D eigenvalue weighted by Gasteiger charge is 2.34. The van der Waals surface area contributed by atoms with Crippen molar-refractivity contribution >= 4 is 40.9 Å². The lowest BCUT2D eigenvalue weighted by molar-refractivity contribution is -0.113. The molecular formula is C30H29ClFN5O2S. The molecule has 2 N–H and O–H groups in total. The standard InChI is InChI=1S/C30H29ClFN5O2S/c1-3-4-17-40-30-35-29-33-19(2)26(28(38)34-21-9-6-5-7-10-21)27(37(29)36-30)20-13-15-22(16-14-20)39-18-23-24(31)11-8-12-25(23)32/h5-16,27H,3-4,17-18H2,1-2H3,(H,34,38)(H,33,35,36). The smallest absolute Gasteiger partial charge is 0.255 e. The van der Waals surface area contributed by atoms with Crippen molar-refractivity contribution in [3.63, 3.8) is 0 Å². The molecule has 1 unspecified atom stereocenters. The normalized spacial score (nSPS) is 14.4. The molecule has 1 amide bonds. The second kappa shape index (κ2) is 12.6. The van der Waals surface area contributed by atoms with Crippen LogP contribution < -0.4 is 15.4 Å². The van der Waals surface area contributed by atoms with Crippen LogP contribution in [0.25, 0.3) is 0 Å². The van der Waals surface area contributed by atoms with E-state index in [0.717, 1.165) is 24.2 Å². The zero-order chi connectivity index (χ0) is 28.1. The van der Waals surface area contributed by atoms with E-state index in [-0.39, 0.29) is 12.5 Å². The summed E-state index contributed by atoms with van der Waals surface area (Å²) in [6.07, 6.45) is 2.15. The number of carbonyl (C=O) groups is 1. The second-order valence-corrected chi connectivity index (χ2v) is 10.8. The molecule has 1 aliphatic rings. The van der Waals surface area contributed by atoms with Crippen LogP contribution in [0.4, 0.5) is 16.0 Å². The zero-order valence-corrected chi connectivity index (χ0v) is 23.7. The summed E-state index contributed by atoms with van der Waals surface area (Å²) < 4.78 is 21.8. The van der Waals surface area contributed by atoms with Crippen LogP contribution in [-0.4, -0.2) is 26.4 Å². The fourth-order valence-corrected chi connectivity index (χ4v) is 5.52. The maximum atomic E-state index is 14.2. The Labute approximate surface area is 241 Å². The Morgan fingerprint density at radius 3 is 2.62 bits per heavy atom. The Hall–Kier alpha value is -3.82. The molecule has 0 radical (unpaired) electrons. The molecule has 3 aromatic carbocycles. The summed E-state index contributed by atoms with van der Waals surface area (Å²) in [5.74, 6) is 1.38. The molecule has 0 bridgehead atoms. The average molecular weight is 578 g/mol. The summed E-state index contributed by atoms with van der Waals surface area (Å²) in [4.78, 5) is 18.3. The number of aromatic nitrogens is 3. The number of fused-ring (bicyclic) bond motifs is 1.